The highest BCUT2D eigenvalue weighted by molar-refractivity contribution is 7.47. The van der Waals surface area contributed by atoms with Crippen molar-refractivity contribution in [1.82, 2.24) is 0 Å². The second-order valence-electron chi connectivity index (χ2n) is 16.9. The summed E-state index contributed by atoms with van der Waals surface area (Å²) < 4.78 is 39.2. The zero-order valence-corrected chi connectivity index (χ0v) is 45.2. The molecule has 0 heterocycles. The Morgan fingerprint density at radius 3 is 1.15 bits per heavy atom. The van der Waals surface area contributed by atoms with Crippen LogP contribution in [0, 0.1) is 0 Å². The fourth-order valence-electron chi connectivity index (χ4n) is 6.30. The maximum atomic E-state index is 12.9. The highest BCUT2D eigenvalue weighted by Crippen LogP contribution is 2.43. The maximum Gasteiger partial charge on any atom is 0.472 e. The summed E-state index contributed by atoms with van der Waals surface area (Å²) in [4.78, 5) is 48.3. The van der Waals surface area contributed by atoms with Crippen LogP contribution in [-0.2, 0) is 42.2 Å². The Kier molecular flexibility index (Phi) is 49.3. The zero-order valence-electron chi connectivity index (χ0n) is 44.3. The van der Waals surface area contributed by atoms with E-state index in [2.05, 4.69) is 142 Å². The molecule has 0 amide bonds. The Morgan fingerprint density at radius 1 is 0.389 bits per heavy atom. The number of aliphatic hydroxyl groups excluding tert-OH is 1. The molecule has 404 valence electrons. The number of phosphoric ester groups is 1. The fraction of sp³-hybridized carbons (Fsp3) is 0.550. The van der Waals surface area contributed by atoms with Crippen LogP contribution in [-0.4, -0.2) is 66.5 Å². The van der Waals surface area contributed by atoms with E-state index < -0.39 is 64.4 Å². The van der Waals surface area contributed by atoms with Crippen LogP contribution in [0.3, 0.4) is 0 Å². The summed E-state index contributed by atoms with van der Waals surface area (Å²) in [6, 6.07) is 0. The first-order valence-corrected chi connectivity index (χ1v) is 28.2. The van der Waals surface area contributed by atoms with Gasteiger partial charge in [-0.15, -0.1) is 0 Å². The van der Waals surface area contributed by atoms with Crippen molar-refractivity contribution in [1.29, 1.82) is 0 Å². The normalized spacial score (nSPS) is 14.6. The molecule has 0 radical (unpaired) electrons. The van der Waals surface area contributed by atoms with Crippen molar-refractivity contribution in [3.8, 4) is 0 Å². The maximum absolute atomic E-state index is 12.9. The van der Waals surface area contributed by atoms with E-state index in [1.807, 2.05) is 24.3 Å². The van der Waals surface area contributed by atoms with E-state index in [4.69, 9.17) is 23.3 Å². The molecule has 3 atom stereocenters. The molecule has 0 fully saturated rings. The molecule has 0 saturated heterocycles. The quantitative estimate of drug-likeness (QED) is 0.0197. The molecule has 72 heavy (non-hydrogen) atoms. The van der Waals surface area contributed by atoms with Crippen LogP contribution < -0.4 is 0 Å². The molecule has 3 unspecified atom stereocenters. The number of carbonyl (C=O) groups is 3. The number of hydrogen-bond donors (Lipinski definition) is 2. The van der Waals surface area contributed by atoms with E-state index in [1.165, 1.54) is 0 Å². The van der Waals surface area contributed by atoms with Gasteiger partial charge < -0.3 is 24.2 Å². The van der Waals surface area contributed by atoms with Gasteiger partial charge in [0.1, 0.15) is 12.7 Å². The third kappa shape index (κ3) is 50.3. The predicted molar refractivity (Wildman–Crippen MR) is 297 cm³/mol. The zero-order chi connectivity index (χ0) is 52.7. The van der Waals surface area contributed by atoms with Gasteiger partial charge in [0.15, 0.2) is 6.10 Å². The Hall–Kier alpha value is -4.64. The molecule has 12 heteroatoms. The molecular formula is C60H93O11P. The topological polar surface area (TPSA) is 155 Å². The summed E-state index contributed by atoms with van der Waals surface area (Å²) >= 11 is 0. The van der Waals surface area contributed by atoms with Gasteiger partial charge in [-0.2, -0.15) is 0 Å². The van der Waals surface area contributed by atoms with Gasteiger partial charge in [-0.25, -0.2) is 4.57 Å². The largest absolute Gasteiger partial charge is 0.472 e. The van der Waals surface area contributed by atoms with Crippen LogP contribution in [0.15, 0.2) is 146 Å². The summed E-state index contributed by atoms with van der Waals surface area (Å²) in [5, 5.41) is 9.79. The molecule has 0 aliphatic carbocycles. The van der Waals surface area contributed by atoms with E-state index in [9.17, 15) is 28.9 Å². The first kappa shape index (κ1) is 67.4. The van der Waals surface area contributed by atoms with E-state index in [0.29, 0.717) is 25.7 Å². The average molecular weight is 1020 g/mol. The summed E-state index contributed by atoms with van der Waals surface area (Å²) in [6.07, 6.45) is 67.0. The lowest BCUT2D eigenvalue weighted by molar-refractivity contribution is -0.161. The van der Waals surface area contributed by atoms with Crippen molar-refractivity contribution in [2.24, 2.45) is 0 Å². The van der Waals surface area contributed by atoms with Crippen LogP contribution >= 0.6 is 7.82 Å². The van der Waals surface area contributed by atoms with Crippen molar-refractivity contribution < 1.29 is 52.2 Å². The SMILES string of the molecule is CC/C=C\C/C=C\C/C=C\C/C=C\C/C=C\CCCC(=O)OC(COC(=O)CC/C=C\C/C=C\C/C=C\C/C=C\CC)COP(=O)(O)OCC(CO)OC(=O)CCCCCCC/C=C\C/C=C\C/C=C\CC. The van der Waals surface area contributed by atoms with Crippen molar-refractivity contribution >= 4 is 25.7 Å². The number of rotatable bonds is 47. The number of hydrogen-bond acceptors (Lipinski definition) is 10. The third-order valence-electron chi connectivity index (χ3n) is 10.3. The number of aliphatic hydroxyl groups is 1. The molecule has 0 rings (SSSR count). The molecule has 0 aliphatic rings. The molecule has 0 spiro atoms. The molecule has 0 aromatic carbocycles. The van der Waals surface area contributed by atoms with Crippen molar-refractivity contribution in [2.75, 3.05) is 26.4 Å². The summed E-state index contributed by atoms with van der Waals surface area (Å²) in [7, 11) is -4.79. The third-order valence-corrected chi connectivity index (χ3v) is 11.2. The van der Waals surface area contributed by atoms with E-state index >= 15 is 0 Å². The number of ether oxygens (including phenoxy) is 3. The highest BCUT2D eigenvalue weighted by Gasteiger charge is 2.28. The predicted octanol–water partition coefficient (Wildman–Crippen LogP) is 15.6. The van der Waals surface area contributed by atoms with E-state index in [-0.39, 0.29) is 19.3 Å². The monoisotopic (exact) mass is 1020 g/mol. The van der Waals surface area contributed by atoms with Gasteiger partial charge in [-0.05, 0) is 116 Å². The lowest BCUT2D eigenvalue weighted by Gasteiger charge is -2.21. The van der Waals surface area contributed by atoms with Gasteiger partial charge in [-0.3, -0.25) is 23.4 Å². The number of esters is 3. The van der Waals surface area contributed by atoms with Gasteiger partial charge in [0.25, 0.3) is 0 Å². The van der Waals surface area contributed by atoms with Crippen molar-refractivity contribution in [3.63, 3.8) is 0 Å². The second-order valence-corrected chi connectivity index (χ2v) is 18.3. The summed E-state index contributed by atoms with van der Waals surface area (Å²) in [5.74, 6) is -1.67. The molecule has 0 bridgehead atoms. The lowest BCUT2D eigenvalue weighted by atomic mass is 10.1. The Balaban J connectivity index is 4.93. The van der Waals surface area contributed by atoms with Crippen LogP contribution in [0.25, 0.3) is 0 Å². The average Bonchev–Trinajstić information content (AvgIpc) is 3.37. The first-order valence-electron chi connectivity index (χ1n) is 26.7. The fourth-order valence-corrected chi connectivity index (χ4v) is 7.08. The second kappa shape index (κ2) is 52.7. The Bertz CT molecular complexity index is 1760. The minimum absolute atomic E-state index is 0.0646. The Morgan fingerprint density at radius 2 is 0.722 bits per heavy atom. The number of phosphoric acid groups is 1. The van der Waals surface area contributed by atoms with Crippen LogP contribution in [0.5, 0.6) is 0 Å². The van der Waals surface area contributed by atoms with Gasteiger partial charge >= 0.3 is 25.7 Å². The standard InChI is InChI=1S/C60H93O11P/c1-4-7-10-13-16-19-22-25-27-28-30-33-36-39-42-45-48-51-60(64)71-57(53-67-58(62)49-46-43-40-37-34-31-24-21-18-15-12-9-6-3)55-69-72(65,66)68-54-56(52-61)70-59(63)50-47-44-41-38-35-32-29-26-23-20-17-14-11-8-5-2/h7-12,16-21,25-27,29-31,33-34,39-40,42-43,56-57,61H,4-6,13-15,22-24,28,32,35-38,41,44-55H2,1-3H3,(H,65,66)/b10-7-,11-8-,12-9-,19-16-,20-17-,21-18-,27-25-,29-26-,33-30-,34-31-,42-39-,43-40-. The van der Waals surface area contributed by atoms with Gasteiger partial charge in [0.05, 0.1) is 19.8 Å². The molecule has 0 saturated carbocycles. The van der Waals surface area contributed by atoms with Crippen molar-refractivity contribution in [3.05, 3.63) is 146 Å². The lowest BCUT2D eigenvalue weighted by Crippen LogP contribution is -2.30. The highest BCUT2D eigenvalue weighted by atomic mass is 31.2. The van der Waals surface area contributed by atoms with Crippen LogP contribution in [0.1, 0.15) is 175 Å². The summed E-state index contributed by atoms with van der Waals surface area (Å²) in [5.41, 5.74) is 0. The molecule has 11 nitrogen and oxygen atoms in total. The van der Waals surface area contributed by atoms with E-state index in [0.717, 1.165) is 109 Å². The van der Waals surface area contributed by atoms with Crippen molar-refractivity contribution in [2.45, 2.75) is 187 Å². The smallest absolute Gasteiger partial charge is 0.462 e. The Labute approximate surface area is 435 Å². The van der Waals surface area contributed by atoms with Gasteiger partial charge in [0, 0.05) is 19.3 Å². The molecule has 0 aromatic rings. The molecule has 0 aliphatic heterocycles. The van der Waals surface area contributed by atoms with Gasteiger partial charge in [-0.1, -0.05) is 186 Å². The number of unbranched alkanes of at least 4 members (excludes halogenated alkanes) is 6. The number of allylic oxidation sites excluding steroid dienone is 24. The van der Waals surface area contributed by atoms with Gasteiger partial charge in [0.2, 0.25) is 0 Å². The minimum atomic E-state index is -4.79. The first-order chi connectivity index (χ1) is 35.2. The number of carbonyl (C=O) groups excluding carboxylic acids is 3. The summed E-state index contributed by atoms with van der Waals surface area (Å²) in [6.45, 7) is 4.09. The van der Waals surface area contributed by atoms with Crippen LogP contribution in [0.4, 0.5) is 0 Å². The molecular weight excluding hydrogens is 928 g/mol. The van der Waals surface area contributed by atoms with Crippen LogP contribution in [0.2, 0.25) is 0 Å². The van der Waals surface area contributed by atoms with E-state index in [1.54, 1.807) is 0 Å². The minimum Gasteiger partial charge on any atom is -0.462 e. The molecule has 0 aromatic heterocycles. The molecule has 2 N–H and O–H groups in total.